The van der Waals surface area contributed by atoms with Crippen molar-refractivity contribution in [3.8, 4) is 11.8 Å². The molecule has 1 amide bonds. The van der Waals surface area contributed by atoms with Crippen molar-refractivity contribution in [3.05, 3.63) is 28.8 Å². The summed E-state index contributed by atoms with van der Waals surface area (Å²) < 4.78 is 45.2. The standard InChI is InChI=1S/C16H15ClF3NO3/c1-2-24-14(22)21-13-6-5-11(17)9-12(13)15(23,16(18,19)20)8-7-10-3-4-10/h5-6,9-10,23H,2-4H2,1H3,(H,21,22)/t15-/m0/s1. The average Bonchev–Trinajstić information content (AvgIpc) is 3.30. The van der Waals surface area contributed by atoms with Gasteiger partial charge in [-0.3, -0.25) is 5.32 Å². The second-order valence-electron chi connectivity index (χ2n) is 5.29. The lowest BCUT2D eigenvalue weighted by Gasteiger charge is -2.28. The van der Waals surface area contributed by atoms with E-state index >= 15 is 0 Å². The Labute approximate surface area is 141 Å². The van der Waals surface area contributed by atoms with Crippen LogP contribution in [0, 0.1) is 17.8 Å². The topological polar surface area (TPSA) is 58.6 Å². The molecule has 0 heterocycles. The molecule has 0 radical (unpaired) electrons. The fraction of sp³-hybridized carbons (Fsp3) is 0.438. The van der Waals surface area contributed by atoms with Gasteiger partial charge in [0, 0.05) is 16.5 Å². The highest BCUT2D eigenvalue weighted by atomic mass is 35.5. The zero-order chi connectivity index (χ0) is 18.0. The van der Waals surface area contributed by atoms with Crippen LogP contribution in [0.15, 0.2) is 18.2 Å². The number of rotatable bonds is 3. The van der Waals surface area contributed by atoms with E-state index in [0.29, 0.717) is 12.8 Å². The Morgan fingerprint density at radius 2 is 2.12 bits per heavy atom. The minimum atomic E-state index is -5.08. The largest absolute Gasteiger partial charge is 0.450 e. The molecule has 0 unspecified atom stereocenters. The number of nitrogens with one attached hydrogen (secondary N) is 1. The van der Waals surface area contributed by atoms with Gasteiger partial charge < -0.3 is 9.84 Å². The lowest BCUT2D eigenvalue weighted by molar-refractivity contribution is -0.240. The molecule has 1 aliphatic carbocycles. The predicted octanol–water partition coefficient (Wildman–Crippen LogP) is 4.07. The molecule has 1 fully saturated rings. The van der Waals surface area contributed by atoms with Gasteiger partial charge in [0.15, 0.2) is 0 Å². The Balaban J connectivity index is 2.50. The molecule has 1 aliphatic rings. The van der Waals surface area contributed by atoms with Gasteiger partial charge >= 0.3 is 12.3 Å². The minimum Gasteiger partial charge on any atom is -0.450 e. The number of benzene rings is 1. The van der Waals surface area contributed by atoms with Gasteiger partial charge in [-0.05, 0) is 38.0 Å². The van der Waals surface area contributed by atoms with Crippen LogP contribution in [0.1, 0.15) is 25.3 Å². The first-order valence-corrected chi connectivity index (χ1v) is 7.60. The maximum atomic E-state index is 13.5. The molecule has 0 aromatic heterocycles. The van der Waals surface area contributed by atoms with Crippen LogP contribution in [0.4, 0.5) is 23.7 Å². The number of carbonyl (C=O) groups excluding carboxylic acids is 1. The zero-order valence-corrected chi connectivity index (χ0v) is 13.5. The van der Waals surface area contributed by atoms with Crippen molar-refractivity contribution >= 4 is 23.4 Å². The zero-order valence-electron chi connectivity index (χ0n) is 12.7. The van der Waals surface area contributed by atoms with Gasteiger partial charge in [-0.25, -0.2) is 4.79 Å². The number of alkyl halides is 3. The molecule has 1 saturated carbocycles. The molecular formula is C16H15ClF3NO3. The normalized spacial score (nSPS) is 16.6. The first kappa shape index (κ1) is 18.4. The summed E-state index contributed by atoms with van der Waals surface area (Å²) in [5.74, 6) is 4.18. The maximum absolute atomic E-state index is 13.5. The van der Waals surface area contributed by atoms with Crippen molar-refractivity contribution in [1.29, 1.82) is 0 Å². The van der Waals surface area contributed by atoms with Gasteiger partial charge in [-0.1, -0.05) is 23.4 Å². The maximum Gasteiger partial charge on any atom is 0.433 e. The molecule has 8 heteroatoms. The van der Waals surface area contributed by atoms with E-state index in [1.807, 2.05) is 5.92 Å². The van der Waals surface area contributed by atoms with Gasteiger partial charge in [-0.2, -0.15) is 13.2 Å². The van der Waals surface area contributed by atoms with E-state index in [1.54, 1.807) is 6.92 Å². The first-order valence-electron chi connectivity index (χ1n) is 7.23. The summed E-state index contributed by atoms with van der Waals surface area (Å²) in [7, 11) is 0. The quantitative estimate of drug-likeness (QED) is 0.798. The van der Waals surface area contributed by atoms with Crippen molar-refractivity contribution in [1.82, 2.24) is 0 Å². The first-order chi connectivity index (χ1) is 11.2. The molecular weight excluding hydrogens is 347 g/mol. The van der Waals surface area contributed by atoms with E-state index in [9.17, 15) is 23.1 Å². The second kappa shape index (κ2) is 6.91. The summed E-state index contributed by atoms with van der Waals surface area (Å²) in [5.41, 5.74) is -4.37. The van der Waals surface area contributed by atoms with Crippen LogP contribution >= 0.6 is 11.6 Å². The molecule has 1 atom stereocenters. The SMILES string of the molecule is CCOC(=O)Nc1ccc(Cl)cc1[C@@](O)(C#CC1CC1)C(F)(F)F. The molecule has 0 saturated heterocycles. The van der Waals surface area contributed by atoms with Crippen LogP contribution in [0.25, 0.3) is 0 Å². The number of amides is 1. The predicted molar refractivity (Wildman–Crippen MR) is 82.5 cm³/mol. The summed E-state index contributed by atoms with van der Waals surface area (Å²) in [6.07, 6.45) is -4.62. The molecule has 1 aromatic carbocycles. The molecule has 24 heavy (non-hydrogen) atoms. The van der Waals surface area contributed by atoms with Crippen LogP contribution in [0.2, 0.25) is 5.02 Å². The highest BCUT2D eigenvalue weighted by Gasteiger charge is 2.55. The molecule has 2 N–H and O–H groups in total. The van der Waals surface area contributed by atoms with Crippen LogP contribution in [-0.2, 0) is 10.3 Å². The Morgan fingerprint density at radius 1 is 1.46 bits per heavy atom. The monoisotopic (exact) mass is 361 g/mol. The summed E-state index contributed by atoms with van der Waals surface area (Å²) in [5, 5.41) is 12.4. The Bertz CT molecular complexity index is 692. The van der Waals surface area contributed by atoms with E-state index in [1.165, 1.54) is 6.07 Å². The summed E-state index contributed by atoms with van der Waals surface area (Å²) in [6.45, 7) is 1.59. The van der Waals surface area contributed by atoms with Crippen LogP contribution in [-0.4, -0.2) is 24.0 Å². The van der Waals surface area contributed by atoms with Crippen LogP contribution in [0.5, 0.6) is 0 Å². The van der Waals surface area contributed by atoms with Crippen LogP contribution < -0.4 is 5.32 Å². The fourth-order valence-corrected chi connectivity index (χ4v) is 2.10. The summed E-state index contributed by atoms with van der Waals surface area (Å²) in [6, 6.07) is 3.38. The van der Waals surface area contributed by atoms with Gasteiger partial charge in [0.2, 0.25) is 5.60 Å². The fourth-order valence-electron chi connectivity index (χ4n) is 1.93. The third-order valence-electron chi connectivity index (χ3n) is 3.33. The Morgan fingerprint density at radius 3 is 2.67 bits per heavy atom. The summed E-state index contributed by atoms with van der Waals surface area (Å²) in [4.78, 5) is 11.5. The average molecular weight is 362 g/mol. The van der Waals surface area contributed by atoms with Crippen molar-refractivity contribution < 1.29 is 27.8 Å². The highest BCUT2D eigenvalue weighted by molar-refractivity contribution is 6.30. The lowest BCUT2D eigenvalue weighted by atomic mass is 9.91. The highest BCUT2D eigenvalue weighted by Crippen LogP contribution is 2.43. The molecule has 1 aromatic rings. The van der Waals surface area contributed by atoms with E-state index in [-0.39, 0.29) is 23.2 Å². The van der Waals surface area contributed by atoms with Crippen LogP contribution in [0.3, 0.4) is 0 Å². The Hall–Kier alpha value is -1.91. The minimum absolute atomic E-state index is 0.0321. The number of halogens is 4. The number of ether oxygens (including phenoxy) is 1. The van der Waals surface area contributed by atoms with E-state index in [0.717, 1.165) is 12.1 Å². The number of carbonyl (C=O) groups is 1. The molecule has 0 spiro atoms. The van der Waals surface area contributed by atoms with Gasteiger partial charge in [0.1, 0.15) is 0 Å². The van der Waals surface area contributed by atoms with Crippen molar-refractivity contribution in [2.45, 2.75) is 31.5 Å². The second-order valence-corrected chi connectivity index (χ2v) is 5.72. The molecule has 130 valence electrons. The smallest absolute Gasteiger partial charge is 0.433 e. The number of hydrogen-bond acceptors (Lipinski definition) is 3. The summed E-state index contributed by atoms with van der Waals surface area (Å²) >= 11 is 5.78. The van der Waals surface area contributed by atoms with Gasteiger partial charge in [-0.15, -0.1) is 0 Å². The molecule has 0 bridgehead atoms. The lowest BCUT2D eigenvalue weighted by Crippen LogP contribution is -2.42. The number of aliphatic hydroxyl groups is 1. The van der Waals surface area contributed by atoms with Crippen molar-refractivity contribution in [3.63, 3.8) is 0 Å². The number of hydrogen-bond donors (Lipinski definition) is 2. The van der Waals surface area contributed by atoms with E-state index in [4.69, 9.17) is 11.6 Å². The van der Waals surface area contributed by atoms with Gasteiger partial charge in [0.05, 0.1) is 12.3 Å². The van der Waals surface area contributed by atoms with Gasteiger partial charge in [0.25, 0.3) is 0 Å². The Kier molecular flexibility index (Phi) is 5.31. The molecule has 2 rings (SSSR count). The van der Waals surface area contributed by atoms with Crippen molar-refractivity contribution in [2.75, 3.05) is 11.9 Å². The van der Waals surface area contributed by atoms with E-state index in [2.05, 4.69) is 16.0 Å². The molecule has 0 aliphatic heterocycles. The van der Waals surface area contributed by atoms with Crippen molar-refractivity contribution in [2.24, 2.45) is 5.92 Å². The third kappa shape index (κ3) is 4.13. The third-order valence-corrected chi connectivity index (χ3v) is 3.56. The van der Waals surface area contributed by atoms with E-state index < -0.39 is 23.4 Å². The number of anilines is 1. The molecule has 4 nitrogen and oxygen atoms in total.